The highest BCUT2D eigenvalue weighted by Gasteiger charge is 2.24. The Balaban J connectivity index is 1.27. The van der Waals surface area contributed by atoms with Gasteiger partial charge in [0.15, 0.2) is 0 Å². The standard InChI is InChI=1S/C23H32N4O/c28-22(26-13-6-1-2-7-14-26)19-25-15-10-20(11-16-25)18-27-17-12-24-23(27)21-8-4-3-5-9-21/h3-5,8-9,12,17,20H,1-2,6-7,10-11,13-16,18-19H2. The van der Waals surface area contributed by atoms with Gasteiger partial charge in [-0.05, 0) is 44.7 Å². The van der Waals surface area contributed by atoms with Gasteiger partial charge in [0.1, 0.15) is 5.82 Å². The number of nitrogens with zero attached hydrogens (tertiary/aromatic N) is 4. The van der Waals surface area contributed by atoms with E-state index in [2.05, 4.69) is 49.8 Å². The molecule has 2 aliphatic rings. The highest BCUT2D eigenvalue weighted by molar-refractivity contribution is 5.78. The number of hydrogen-bond acceptors (Lipinski definition) is 3. The number of carbonyl (C=O) groups is 1. The topological polar surface area (TPSA) is 41.4 Å². The van der Waals surface area contributed by atoms with Crippen LogP contribution in [-0.4, -0.2) is 58.0 Å². The molecule has 2 saturated heterocycles. The number of carbonyl (C=O) groups excluding carboxylic acids is 1. The summed E-state index contributed by atoms with van der Waals surface area (Å²) >= 11 is 0. The molecular formula is C23H32N4O. The third kappa shape index (κ3) is 4.82. The Labute approximate surface area is 168 Å². The van der Waals surface area contributed by atoms with E-state index in [1.807, 2.05) is 12.3 Å². The number of imidazole rings is 1. The van der Waals surface area contributed by atoms with Crippen molar-refractivity contribution in [2.75, 3.05) is 32.7 Å². The normalized spacial score (nSPS) is 19.5. The first-order valence-electron chi connectivity index (χ1n) is 10.9. The van der Waals surface area contributed by atoms with Crippen LogP contribution in [0, 0.1) is 5.92 Å². The Kier molecular flexibility index (Phi) is 6.42. The molecule has 0 saturated carbocycles. The smallest absolute Gasteiger partial charge is 0.236 e. The molecule has 5 heteroatoms. The maximum Gasteiger partial charge on any atom is 0.236 e. The Bertz CT molecular complexity index is 741. The van der Waals surface area contributed by atoms with Gasteiger partial charge in [0.05, 0.1) is 6.54 Å². The van der Waals surface area contributed by atoms with Crippen molar-refractivity contribution in [2.24, 2.45) is 5.92 Å². The van der Waals surface area contributed by atoms with E-state index in [1.54, 1.807) is 0 Å². The van der Waals surface area contributed by atoms with Gasteiger partial charge in [-0.15, -0.1) is 0 Å². The molecule has 28 heavy (non-hydrogen) atoms. The van der Waals surface area contributed by atoms with Gasteiger partial charge < -0.3 is 9.47 Å². The van der Waals surface area contributed by atoms with Crippen LogP contribution in [0.5, 0.6) is 0 Å². The van der Waals surface area contributed by atoms with Crippen LogP contribution in [0.4, 0.5) is 0 Å². The molecule has 0 unspecified atom stereocenters. The van der Waals surface area contributed by atoms with Crippen molar-refractivity contribution in [3.8, 4) is 11.4 Å². The molecule has 2 fully saturated rings. The fourth-order valence-electron chi connectivity index (χ4n) is 4.52. The summed E-state index contributed by atoms with van der Waals surface area (Å²) in [7, 11) is 0. The average Bonchev–Trinajstić information content (AvgIpc) is 3.01. The number of aromatic nitrogens is 2. The van der Waals surface area contributed by atoms with Gasteiger partial charge in [-0.3, -0.25) is 9.69 Å². The molecule has 2 aliphatic heterocycles. The van der Waals surface area contributed by atoms with Crippen LogP contribution in [0.3, 0.4) is 0 Å². The lowest BCUT2D eigenvalue weighted by Gasteiger charge is -2.33. The quantitative estimate of drug-likeness (QED) is 0.795. The number of piperidine rings is 1. The fraction of sp³-hybridized carbons (Fsp3) is 0.565. The van der Waals surface area contributed by atoms with Crippen LogP contribution < -0.4 is 0 Å². The Morgan fingerprint density at radius 3 is 2.39 bits per heavy atom. The van der Waals surface area contributed by atoms with Crippen LogP contribution >= 0.6 is 0 Å². The van der Waals surface area contributed by atoms with Crippen molar-refractivity contribution in [1.29, 1.82) is 0 Å². The molecule has 1 aromatic heterocycles. The molecule has 0 aliphatic carbocycles. The summed E-state index contributed by atoms with van der Waals surface area (Å²) in [6.45, 7) is 5.58. The predicted molar refractivity (Wildman–Crippen MR) is 112 cm³/mol. The summed E-state index contributed by atoms with van der Waals surface area (Å²) in [6, 6.07) is 10.4. The second kappa shape index (κ2) is 9.37. The SMILES string of the molecule is O=C(CN1CCC(Cn2ccnc2-c2ccccc2)CC1)N1CCCCCC1. The first-order valence-corrected chi connectivity index (χ1v) is 10.9. The molecule has 5 nitrogen and oxygen atoms in total. The maximum absolute atomic E-state index is 12.6. The molecule has 0 bridgehead atoms. The molecule has 3 heterocycles. The second-order valence-electron chi connectivity index (χ2n) is 8.28. The zero-order valence-electron chi connectivity index (χ0n) is 16.8. The van der Waals surface area contributed by atoms with Gasteiger partial charge >= 0.3 is 0 Å². The maximum atomic E-state index is 12.6. The third-order valence-corrected chi connectivity index (χ3v) is 6.23. The summed E-state index contributed by atoms with van der Waals surface area (Å²) in [4.78, 5) is 21.6. The summed E-state index contributed by atoms with van der Waals surface area (Å²) in [5.41, 5.74) is 1.17. The van der Waals surface area contributed by atoms with Gasteiger partial charge in [0.2, 0.25) is 5.91 Å². The van der Waals surface area contributed by atoms with E-state index in [9.17, 15) is 4.79 Å². The van der Waals surface area contributed by atoms with Gasteiger partial charge in [-0.25, -0.2) is 4.98 Å². The summed E-state index contributed by atoms with van der Waals surface area (Å²) < 4.78 is 2.29. The second-order valence-corrected chi connectivity index (χ2v) is 8.28. The van der Waals surface area contributed by atoms with Crippen molar-refractivity contribution >= 4 is 5.91 Å². The van der Waals surface area contributed by atoms with Crippen molar-refractivity contribution in [3.05, 3.63) is 42.7 Å². The molecule has 2 aromatic rings. The molecular weight excluding hydrogens is 348 g/mol. The number of rotatable bonds is 5. The van der Waals surface area contributed by atoms with Crippen molar-refractivity contribution in [3.63, 3.8) is 0 Å². The monoisotopic (exact) mass is 380 g/mol. The van der Waals surface area contributed by atoms with Crippen LogP contribution in [0.1, 0.15) is 38.5 Å². The van der Waals surface area contributed by atoms with Crippen LogP contribution in [0.15, 0.2) is 42.7 Å². The molecule has 0 atom stereocenters. The Morgan fingerprint density at radius 1 is 0.964 bits per heavy atom. The number of hydrogen-bond donors (Lipinski definition) is 0. The molecule has 0 spiro atoms. The summed E-state index contributed by atoms with van der Waals surface area (Å²) in [5.74, 6) is 2.04. The Morgan fingerprint density at radius 2 is 1.68 bits per heavy atom. The number of amides is 1. The lowest BCUT2D eigenvalue weighted by Crippen LogP contribution is -2.44. The minimum Gasteiger partial charge on any atom is -0.342 e. The summed E-state index contributed by atoms with van der Waals surface area (Å²) in [5, 5.41) is 0. The zero-order valence-corrected chi connectivity index (χ0v) is 16.8. The first-order chi connectivity index (χ1) is 13.8. The van der Waals surface area contributed by atoms with E-state index in [1.165, 1.54) is 31.2 Å². The molecule has 0 N–H and O–H groups in total. The first kappa shape index (κ1) is 19.2. The predicted octanol–water partition coefficient (Wildman–Crippen LogP) is 3.66. The lowest BCUT2D eigenvalue weighted by atomic mass is 9.96. The molecule has 1 amide bonds. The van der Waals surface area contributed by atoms with E-state index in [-0.39, 0.29) is 0 Å². The van der Waals surface area contributed by atoms with E-state index in [0.717, 1.165) is 51.4 Å². The molecule has 0 radical (unpaired) electrons. The van der Waals surface area contributed by atoms with Crippen molar-refractivity contribution in [2.45, 2.75) is 45.1 Å². The number of benzene rings is 1. The van der Waals surface area contributed by atoms with Gasteiger partial charge in [-0.1, -0.05) is 43.2 Å². The number of likely N-dealkylation sites (tertiary alicyclic amines) is 2. The van der Waals surface area contributed by atoms with Crippen LogP contribution in [-0.2, 0) is 11.3 Å². The van der Waals surface area contributed by atoms with Crippen molar-refractivity contribution in [1.82, 2.24) is 19.4 Å². The minimum atomic E-state index is 0.335. The van der Waals surface area contributed by atoms with E-state index in [0.29, 0.717) is 18.4 Å². The van der Waals surface area contributed by atoms with E-state index in [4.69, 9.17) is 0 Å². The highest BCUT2D eigenvalue weighted by atomic mass is 16.2. The third-order valence-electron chi connectivity index (χ3n) is 6.23. The zero-order chi connectivity index (χ0) is 19.2. The summed E-state index contributed by atoms with van der Waals surface area (Å²) in [6.07, 6.45) is 11.2. The lowest BCUT2D eigenvalue weighted by molar-refractivity contribution is -0.132. The Hall–Kier alpha value is -2.14. The largest absolute Gasteiger partial charge is 0.342 e. The van der Waals surface area contributed by atoms with E-state index < -0.39 is 0 Å². The van der Waals surface area contributed by atoms with Crippen LogP contribution in [0.25, 0.3) is 11.4 Å². The van der Waals surface area contributed by atoms with Gasteiger partial charge in [-0.2, -0.15) is 0 Å². The fourth-order valence-corrected chi connectivity index (χ4v) is 4.52. The highest BCUT2D eigenvalue weighted by Crippen LogP contribution is 2.23. The van der Waals surface area contributed by atoms with E-state index >= 15 is 0 Å². The van der Waals surface area contributed by atoms with Crippen LogP contribution in [0.2, 0.25) is 0 Å². The average molecular weight is 381 g/mol. The molecule has 1 aromatic carbocycles. The van der Waals surface area contributed by atoms with Crippen molar-refractivity contribution < 1.29 is 4.79 Å². The van der Waals surface area contributed by atoms with Gasteiger partial charge in [0, 0.05) is 37.6 Å². The molecule has 150 valence electrons. The molecule has 4 rings (SSSR count). The minimum absolute atomic E-state index is 0.335. The van der Waals surface area contributed by atoms with Gasteiger partial charge in [0.25, 0.3) is 0 Å².